The predicted octanol–water partition coefficient (Wildman–Crippen LogP) is 1.54. The number of hydrogen-bond acceptors (Lipinski definition) is 11. The van der Waals surface area contributed by atoms with E-state index in [0.717, 1.165) is 27.7 Å². The minimum atomic E-state index is -1.22. The van der Waals surface area contributed by atoms with E-state index in [4.69, 9.17) is 0 Å². The van der Waals surface area contributed by atoms with Gasteiger partial charge in [0.05, 0.1) is 11.7 Å². The number of carbonyl (C=O) groups is 3. The third-order valence-electron chi connectivity index (χ3n) is 4.70. The molecule has 164 valence electrons. The van der Waals surface area contributed by atoms with Crippen molar-refractivity contribution in [2.24, 2.45) is 0 Å². The van der Waals surface area contributed by atoms with Crippen molar-refractivity contribution in [3.8, 4) is 0 Å². The number of thioether (sulfide) groups is 1. The Bertz CT molecular complexity index is 1140. The Labute approximate surface area is 198 Å². The Morgan fingerprint density at radius 1 is 1.35 bits per heavy atom. The van der Waals surface area contributed by atoms with E-state index in [2.05, 4.69) is 28.1 Å². The van der Waals surface area contributed by atoms with Crippen LogP contribution in [0.25, 0.3) is 0 Å². The zero-order chi connectivity index (χ0) is 22.3. The first kappa shape index (κ1) is 22.5. The molecule has 0 bridgehead atoms. The number of aliphatic carboxylic acids is 1. The summed E-state index contributed by atoms with van der Waals surface area (Å²) in [7, 11) is 0. The summed E-state index contributed by atoms with van der Waals surface area (Å²) in [5, 5.41) is 22.6. The molecule has 0 radical (unpaired) electrons. The van der Waals surface area contributed by atoms with Gasteiger partial charge in [0.1, 0.15) is 27.1 Å². The van der Waals surface area contributed by atoms with E-state index in [1.54, 1.807) is 5.38 Å². The monoisotopic (exact) mass is 516 g/mol. The summed E-state index contributed by atoms with van der Waals surface area (Å²) in [6.07, 6.45) is 0.723. The number of rotatable bonds is 7. The summed E-state index contributed by atoms with van der Waals surface area (Å²) in [6.45, 7) is 1.95. The number of carbonyl (C=O) groups excluding carboxylic acids is 2. The normalized spacial score (nSPS) is 21.5. The highest BCUT2D eigenvalue weighted by Crippen LogP contribution is 2.45. The van der Waals surface area contributed by atoms with E-state index in [0.29, 0.717) is 27.6 Å². The van der Waals surface area contributed by atoms with Crippen LogP contribution in [-0.4, -0.2) is 55.2 Å². The fraction of sp³-hybridized carbons (Fsp3) is 0.412. The van der Waals surface area contributed by atoms with E-state index in [1.165, 1.54) is 28.0 Å². The maximum absolute atomic E-state index is 12.8. The molecule has 14 heteroatoms. The first-order valence-electron chi connectivity index (χ1n) is 9.08. The lowest BCUT2D eigenvalue weighted by molar-refractivity contribution is -0.150. The molecular weight excluding hydrogens is 501 g/mol. The van der Waals surface area contributed by atoms with Gasteiger partial charge in [-0.1, -0.05) is 29.6 Å². The molecule has 3 atom stereocenters. The molecule has 2 aliphatic heterocycles. The number of aromatic nitrogens is 2. The van der Waals surface area contributed by atoms with E-state index >= 15 is 0 Å². The SMILES string of the molecule is CCc1nnc(C(S)C2=C(C(=O)O)N3C(=O)C(NC(=O)Cc4csc(=O)s4)C3SC2)s1. The molecule has 1 fully saturated rings. The molecule has 0 saturated carbocycles. The van der Waals surface area contributed by atoms with Crippen LogP contribution in [0.2, 0.25) is 0 Å². The number of nitrogens with one attached hydrogen (secondary N) is 1. The number of carboxylic acids is 1. The van der Waals surface area contributed by atoms with Crippen molar-refractivity contribution in [2.45, 2.75) is 36.4 Å². The van der Waals surface area contributed by atoms with Gasteiger partial charge in [-0.3, -0.25) is 19.3 Å². The Kier molecular flexibility index (Phi) is 6.53. The van der Waals surface area contributed by atoms with Crippen molar-refractivity contribution in [2.75, 3.05) is 5.75 Å². The molecule has 0 aliphatic carbocycles. The second-order valence-electron chi connectivity index (χ2n) is 6.65. The van der Waals surface area contributed by atoms with Gasteiger partial charge in [-0.15, -0.1) is 33.3 Å². The van der Waals surface area contributed by atoms with E-state index in [-0.39, 0.29) is 22.1 Å². The van der Waals surface area contributed by atoms with Crippen LogP contribution in [-0.2, 0) is 27.2 Å². The largest absolute Gasteiger partial charge is 0.477 e. The minimum absolute atomic E-state index is 0.00692. The van der Waals surface area contributed by atoms with Crippen molar-refractivity contribution in [1.29, 1.82) is 0 Å². The highest BCUT2D eigenvalue weighted by Gasteiger charge is 2.54. The molecule has 9 nitrogen and oxygen atoms in total. The number of thiol groups is 1. The fourth-order valence-corrected chi connectivity index (χ4v) is 7.71. The van der Waals surface area contributed by atoms with Gasteiger partial charge in [0.15, 0.2) is 0 Å². The number of amides is 2. The fourth-order valence-electron chi connectivity index (χ4n) is 3.25. The molecule has 2 aromatic rings. The molecule has 3 unspecified atom stereocenters. The third kappa shape index (κ3) is 4.31. The summed E-state index contributed by atoms with van der Waals surface area (Å²) in [5.74, 6) is -1.75. The quantitative estimate of drug-likeness (QED) is 0.373. The van der Waals surface area contributed by atoms with Gasteiger partial charge in [-0.2, -0.15) is 12.6 Å². The summed E-state index contributed by atoms with van der Waals surface area (Å²) >= 11 is 9.34. The van der Waals surface area contributed by atoms with E-state index < -0.39 is 28.5 Å². The Hall–Kier alpha value is -1.74. The first-order chi connectivity index (χ1) is 14.8. The molecule has 0 spiro atoms. The number of aryl methyl sites for hydroxylation is 1. The number of β-lactam (4-membered cyclic amide) rings is 1. The van der Waals surface area contributed by atoms with Crippen molar-refractivity contribution < 1.29 is 19.5 Å². The average molecular weight is 517 g/mol. The second-order valence-corrected chi connectivity index (χ2v) is 11.6. The third-order valence-corrected chi connectivity index (χ3v) is 9.84. The van der Waals surface area contributed by atoms with Gasteiger partial charge in [-0.05, 0) is 12.0 Å². The summed E-state index contributed by atoms with van der Waals surface area (Å²) in [5.41, 5.74) is 0.376. The topological polar surface area (TPSA) is 130 Å². The molecule has 1 saturated heterocycles. The standard InChI is InChI=1S/C17H16N4O5S5/c1-2-9-19-20-13(31-9)12(27)7-5-28-15-10(14(23)21(15)11(7)16(24)25)18-8(22)3-6-4-29-17(26)30-6/h4,10,12,15,27H,2-3,5H2,1H3,(H,18,22)(H,24,25). The molecule has 2 N–H and O–H groups in total. The lowest BCUT2D eigenvalue weighted by atomic mass is 10.0. The summed E-state index contributed by atoms with van der Waals surface area (Å²) < 4.78 is -0.0944. The Morgan fingerprint density at radius 2 is 2.13 bits per heavy atom. The van der Waals surface area contributed by atoms with Gasteiger partial charge in [0.2, 0.25) is 5.91 Å². The number of nitrogens with zero attached hydrogens (tertiary/aromatic N) is 3. The van der Waals surface area contributed by atoms with Gasteiger partial charge in [0, 0.05) is 16.0 Å². The second kappa shape index (κ2) is 9.02. The maximum atomic E-state index is 12.8. The van der Waals surface area contributed by atoms with E-state index in [9.17, 15) is 24.3 Å². The summed E-state index contributed by atoms with van der Waals surface area (Å²) in [4.78, 5) is 50.2. The number of carboxylic acid groups (broad SMARTS) is 1. The van der Waals surface area contributed by atoms with Crippen LogP contribution in [0.15, 0.2) is 21.4 Å². The highest BCUT2D eigenvalue weighted by atomic mass is 32.2. The number of fused-ring (bicyclic) bond motifs is 1. The van der Waals surface area contributed by atoms with Gasteiger partial charge < -0.3 is 10.4 Å². The molecule has 2 aromatic heterocycles. The van der Waals surface area contributed by atoms with Crippen molar-refractivity contribution in [3.05, 3.63) is 40.4 Å². The molecule has 2 aliphatic rings. The predicted molar refractivity (Wildman–Crippen MR) is 123 cm³/mol. The zero-order valence-electron chi connectivity index (χ0n) is 15.9. The average Bonchev–Trinajstić information content (AvgIpc) is 3.39. The van der Waals surface area contributed by atoms with Crippen molar-refractivity contribution in [3.63, 3.8) is 0 Å². The smallest absolute Gasteiger partial charge is 0.352 e. The molecular formula is C17H16N4O5S5. The lowest BCUT2D eigenvalue weighted by Crippen LogP contribution is -2.70. The van der Waals surface area contributed by atoms with Crippen LogP contribution < -0.4 is 9.37 Å². The van der Waals surface area contributed by atoms with Crippen LogP contribution in [0.4, 0.5) is 0 Å². The van der Waals surface area contributed by atoms with Crippen molar-refractivity contribution in [1.82, 2.24) is 20.4 Å². The Balaban J connectivity index is 1.51. The summed E-state index contributed by atoms with van der Waals surface area (Å²) in [6, 6.07) is -0.810. The van der Waals surface area contributed by atoms with Gasteiger partial charge in [-0.25, -0.2) is 4.79 Å². The van der Waals surface area contributed by atoms with Gasteiger partial charge >= 0.3 is 5.97 Å². The molecule has 0 aromatic carbocycles. The molecule has 2 amide bonds. The van der Waals surface area contributed by atoms with Crippen molar-refractivity contribution >= 4 is 76.2 Å². The van der Waals surface area contributed by atoms with Gasteiger partial charge in [0.25, 0.3) is 9.96 Å². The minimum Gasteiger partial charge on any atom is -0.477 e. The molecule has 4 rings (SSSR count). The highest BCUT2D eigenvalue weighted by molar-refractivity contribution is 8.00. The van der Waals surface area contributed by atoms with Crippen LogP contribution in [0.1, 0.15) is 27.1 Å². The Morgan fingerprint density at radius 3 is 2.74 bits per heavy atom. The van der Waals surface area contributed by atoms with Crippen LogP contribution in [0.5, 0.6) is 0 Å². The number of hydrogen-bond donors (Lipinski definition) is 3. The molecule has 31 heavy (non-hydrogen) atoms. The zero-order valence-corrected chi connectivity index (χ0v) is 20.1. The lowest BCUT2D eigenvalue weighted by Gasteiger charge is -2.49. The first-order valence-corrected chi connectivity index (χ1v) is 13.2. The van der Waals surface area contributed by atoms with Crippen LogP contribution in [0.3, 0.4) is 0 Å². The van der Waals surface area contributed by atoms with Crippen LogP contribution >= 0.6 is 58.4 Å². The van der Waals surface area contributed by atoms with Crippen LogP contribution in [0, 0.1) is 0 Å². The maximum Gasteiger partial charge on any atom is 0.352 e. The van der Waals surface area contributed by atoms with E-state index in [1.807, 2.05) is 6.92 Å². The molecule has 4 heterocycles.